The van der Waals surface area contributed by atoms with Crippen molar-refractivity contribution in [1.82, 2.24) is 9.80 Å². The number of urea groups is 1. The monoisotopic (exact) mass is 358 g/mol. The molecule has 1 saturated carbocycles. The normalized spacial score (nSPS) is 24.2. The number of nitrogens with zero attached hydrogens (tertiary/aromatic N) is 4. The summed E-state index contributed by atoms with van der Waals surface area (Å²) in [5.74, 6) is 0.0343. The predicted molar refractivity (Wildman–Crippen MR) is 94.9 cm³/mol. The minimum atomic E-state index is -0.459. The van der Waals surface area contributed by atoms with E-state index in [1.165, 1.54) is 18.6 Å². The van der Waals surface area contributed by atoms with Gasteiger partial charge in [-0.05, 0) is 25.0 Å². The van der Waals surface area contributed by atoms with Crippen LogP contribution in [0, 0.1) is 10.1 Å². The van der Waals surface area contributed by atoms with E-state index in [2.05, 4.69) is 0 Å². The predicted octanol–water partition coefficient (Wildman–Crippen LogP) is 2.38. The number of hydrogen-bond acceptors (Lipinski definition) is 4. The largest absolute Gasteiger partial charge is 0.336 e. The maximum atomic E-state index is 12.7. The molecule has 1 atom stereocenters. The van der Waals surface area contributed by atoms with Crippen LogP contribution in [-0.2, 0) is 4.79 Å². The van der Waals surface area contributed by atoms with E-state index in [1.54, 1.807) is 21.9 Å². The van der Waals surface area contributed by atoms with E-state index < -0.39 is 4.92 Å². The Morgan fingerprint density at radius 2 is 1.62 bits per heavy atom. The quantitative estimate of drug-likeness (QED) is 0.613. The number of amides is 3. The molecule has 0 radical (unpaired) electrons. The molecule has 2 aliphatic heterocycles. The Bertz CT molecular complexity index is 729. The minimum Gasteiger partial charge on any atom is -0.336 e. The summed E-state index contributed by atoms with van der Waals surface area (Å²) in [6.45, 7) is 1.22. The lowest BCUT2D eigenvalue weighted by Crippen LogP contribution is -2.58. The van der Waals surface area contributed by atoms with Gasteiger partial charge < -0.3 is 9.80 Å². The molecule has 3 aliphatic rings. The zero-order valence-corrected chi connectivity index (χ0v) is 14.5. The third kappa shape index (κ3) is 2.89. The molecule has 0 bridgehead atoms. The van der Waals surface area contributed by atoms with Crippen molar-refractivity contribution in [2.24, 2.45) is 0 Å². The summed E-state index contributed by atoms with van der Waals surface area (Å²) in [5, 5.41) is 10.8. The van der Waals surface area contributed by atoms with Gasteiger partial charge in [0.15, 0.2) is 0 Å². The van der Waals surface area contributed by atoms with E-state index in [9.17, 15) is 19.7 Å². The highest BCUT2D eigenvalue weighted by molar-refractivity contribution is 5.98. The molecule has 3 amide bonds. The topological polar surface area (TPSA) is 87.0 Å². The zero-order chi connectivity index (χ0) is 18.3. The SMILES string of the molecule is O=C1CN2C(=O)N(c3ccc([N+](=O)[O-])cc3)CC2CN1C1CCCCC1. The molecule has 8 heteroatoms. The standard InChI is InChI=1S/C18H22N4O4/c23-17-12-21-16(10-19(17)13-4-2-1-3-5-13)11-20(18(21)24)14-6-8-15(9-7-14)22(25)26/h6-9,13,16H,1-5,10-12H2. The van der Waals surface area contributed by atoms with Gasteiger partial charge in [-0.25, -0.2) is 4.79 Å². The van der Waals surface area contributed by atoms with Crippen molar-refractivity contribution in [3.8, 4) is 0 Å². The van der Waals surface area contributed by atoms with E-state index in [4.69, 9.17) is 0 Å². The highest BCUT2D eigenvalue weighted by Gasteiger charge is 2.45. The number of benzene rings is 1. The molecular formula is C18H22N4O4. The Morgan fingerprint density at radius 3 is 2.27 bits per heavy atom. The Hall–Kier alpha value is -2.64. The smallest absolute Gasteiger partial charge is 0.325 e. The average Bonchev–Trinajstić information content (AvgIpc) is 2.98. The van der Waals surface area contributed by atoms with Crippen molar-refractivity contribution < 1.29 is 14.5 Å². The number of fused-ring (bicyclic) bond motifs is 1. The summed E-state index contributed by atoms with van der Waals surface area (Å²) < 4.78 is 0. The molecular weight excluding hydrogens is 336 g/mol. The van der Waals surface area contributed by atoms with Gasteiger partial charge in [0.2, 0.25) is 5.91 Å². The summed E-state index contributed by atoms with van der Waals surface area (Å²) >= 11 is 0. The summed E-state index contributed by atoms with van der Waals surface area (Å²) in [7, 11) is 0. The second-order valence-corrected chi connectivity index (χ2v) is 7.29. The van der Waals surface area contributed by atoms with Gasteiger partial charge in [-0.1, -0.05) is 19.3 Å². The first-order valence-electron chi connectivity index (χ1n) is 9.16. The molecule has 0 N–H and O–H groups in total. The lowest BCUT2D eigenvalue weighted by atomic mass is 9.93. The number of hydrogen-bond donors (Lipinski definition) is 0. The summed E-state index contributed by atoms with van der Waals surface area (Å²) in [4.78, 5) is 40.9. The minimum absolute atomic E-state index is 0.00299. The first-order valence-corrected chi connectivity index (χ1v) is 9.16. The van der Waals surface area contributed by atoms with Crippen molar-refractivity contribution in [3.63, 3.8) is 0 Å². The van der Waals surface area contributed by atoms with Crippen LogP contribution in [0.25, 0.3) is 0 Å². The van der Waals surface area contributed by atoms with Crippen molar-refractivity contribution in [2.75, 3.05) is 24.5 Å². The second kappa shape index (κ2) is 6.59. The lowest BCUT2D eigenvalue weighted by Gasteiger charge is -2.41. The fourth-order valence-corrected chi connectivity index (χ4v) is 4.33. The van der Waals surface area contributed by atoms with Crippen LogP contribution in [0.2, 0.25) is 0 Å². The van der Waals surface area contributed by atoms with Crippen LogP contribution in [0.3, 0.4) is 0 Å². The van der Waals surface area contributed by atoms with Crippen LogP contribution in [0.15, 0.2) is 24.3 Å². The van der Waals surface area contributed by atoms with Crippen molar-refractivity contribution in [1.29, 1.82) is 0 Å². The first-order chi connectivity index (χ1) is 12.5. The van der Waals surface area contributed by atoms with Gasteiger partial charge in [-0.2, -0.15) is 0 Å². The number of nitro groups is 1. The number of piperazine rings is 1. The van der Waals surface area contributed by atoms with Gasteiger partial charge in [0.05, 0.1) is 11.0 Å². The molecule has 138 valence electrons. The molecule has 2 saturated heterocycles. The maximum Gasteiger partial charge on any atom is 0.325 e. The molecule has 3 fully saturated rings. The molecule has 2 heterocycles. The van der Waals surface area contributed by atoms with Crippen LogP contribution in [0.1, 0.15) is 32.1 Å². The van der Waals surface area contributed by atoms with Gasteiger partial charge >= 0.3 is 6.03 Å². The number of carbonyl (C=O) groups is 2. The fourth-order valence-electron chi connectivity index (χ4n) is 4.33. The maximum absolute atomic E-state index is 12.7. The highest BCUT2D eigenvalue weighted by Crippen LogP contribution is 2.31. The van der Waals surface area contributed by atoms with Gasteiger partial charge in [0, 0.05) is 37.0 Å². The molecule has 26 heavy (non-hydrogen) atoms. The Kier molecular flexibility index (Phi) is 4.26. The number of non-ortho nitro benzene ring substituents is 1. The fraction of sp³-hybridized carbons (Fsp3) is 0.556. The zero-order valence-electron chi connectivity index (χ0n) is 14.5. The average molecular weight is 358 g/mol. The summed E-state index contributed by atoms with van der Waals surface area (Å²) in [6, 6.07) is 6.09. The summed E-state index contributed by atoms with van der Waals surface area (Å²) in [6.07, 6.45) is 5.67. The molecule has 0 aromatic heterocycles. The Morgan fingerprint density at radius 1 is 0.923 bits per heavy atom. The van der Waals surface area contributed by atoms with Crippen LogP contribution in [-0.4, -0.2) is 58.4 Å². The van der Waals surface area contributed by atoms with Gasteiger partial charge in [-0.3, -0.25) is 19.8 Å². The van der Waals surface area contributed by atoms with Gasteiger partial charge in [0.1, 0.15) is 6.54 Å². The third-order valence-corrected chi connectivity index (χ3v) is 5.73. The molecule has 1 aromatic rings. The molecule has 1 aromatic carbocycles. The van der Waals surface area contributed by atoms with Gasteiger partial charge in [-0.15, -0.1) is 0 Å². The van der Waals surface area contributed by atoms with Crippen LogP contribution in [0.4, 0.5) is 16.2 Å². The van der Waals surface area contributed by atoms with Gasteiger partial charge in [0.25, 0.3) is 5.69 Å². The van der Waals surface area contributed by atoms with E-state index in [0.29, 0.717) is 24.8 Å². The van der Waals surface area contributed by atoms with Crippen molar-refractivity contribution >= 4 is 23.3 Å². The van der Waals surface area contributed by atoms with E-state index in [-0.39, 0.29) is 30.2 Å². The van der Waals surface area contributed by atoms with Crippen LogP contribution >= 0.6 is 0 Å². The molecule has 8 nitrogen and oxygen atoms in total. The summed E-state index contributed by atoms with van der Waals surface area (Å²) in [5.41, 5.74) is 0.628. The first kappa shape index (κ1) is 16.8. The Balaban J connectivity index is 1.50. The third-order valence-electron chi connectivity index (χ3n) is 5.73. The highest BCUT2D eigenvalue weighted by atomic mass is 16.6. The molecule has 0 spiro atoms. The van der Waals surface area contributed by atoms with Crippen molar-refractivity contribution in [3.05, 3.63) is 34.4 Å². The van der Waals surface area contributed by atoms with E-state index in [1.807, 2.05) is 4.90 Å². The number of anilines is 1. The number of rotatable bonds is 3. The molecule has 4 rings (SSSR count). The van der Waals surface area contributed by atoms with Crippen LogP contribution < -0.4 is 4.90 Å². The van der Waals surface area contributed by atoms with E-state index >= 15 is 0 Å². The van der Waals surface area contributed by atoms with Crippen LogP contribution in [0.5, 0.6) is 0 Å². The molecule has 1 aliphatic carbocycles. The number of carbonyl (C=O) groups excluding carboxylic acids is 2. The lowest BCUT2D eigenvalue weighted by molar-refractivity contribution is -0.384. The number of nitro benzene ring substituents is 1. The van der Waals surface area contributed by atoms with Crippen molar-refractivity contribution in [2.45, 2.75) is 44.2 Å². The Labute approximate surface area is 151 Å². The second-order valence-electron chi connectivity index (χ2n) is 7.29. The molecule has 1 unspecified atom stereocenters. The van der Waals surface area contributed by atoms with E-state index in [0.717, 1.165) is 25.7 Å².